The fraction of sp³-hybridized carbons (Fsp3) is 0.412. The third-order valence-electron chi connectivity index (χ3n) is 4.21. The second kappa shape index (κ2) is 7.12. The maximum atomic E-state index is 5.74. The zero-order valence-electron chi connectivity index (χ0n) is 14.1. The lowest BCUT2D eigenvalue weighted by molar-refractivity contribution is 0.0372. The molecule has 8 heteroatoms. The Balaban J connectivity index is 1.65. The fourth-order valence-corrected chi connectivity index (χ4v) is 2.87. The molecule has 130 valence electrons. The second-order valence-electron chi connectivity index (χ2n) is 5.94. The number of aromatic nitrogens is 5. The van der Waals surface area contributed by atoms with Gasteiger partial charge in [-0.2, -0.15) is 5.10 Å². The molecule has 1 fully saturated rings. The molecule has 1 atom stereocenters. The molecule has 0 unspecified atom stereocenters. The first-order valence-electron chi connectivity index (χ1n) is 8.54. The number of nitrogens with zero attached hydrogens (tertiary/aromatic N) is 5. The van der Waals surface area contributed by atoms with Crippen molar-refractivity contribution in [3.05, 3.63) is 30.9 Å². The van der Waals surface area contributed by atoms with Crippen molar-refractivity contribution < 1.29 is 4.74 Å². The molecule has 1 aliphatic rings. The quantitative estimate of drug-likeness (QED) is 0.724. The predicted molar refractivity (Wildman–Crippen MR) is 95.3 cm³/mol. The van der Waals surface area contributed by atoms with E-state index in [-0.39, 0.29) is 6.10 Å². The second-order valence-corrected chi connectivity index (χ2v) is 5.94. The van der Waals surface area contributed by atoms with E-state index in [2.05, 4.69) is 32.6 Å². The Bertz CT molecular complexity index is 857. The van der Waals surface area contributed by atoms with Crippen molar-refractivity contribution >= 4 is 16.9 Å². The van der Waals surface area contributed by atoms with Crippen molar-refractivity contribution in [1.82, 2.24) is 30.0 Å². The van der Waals surface area contributed by atoms with Crippen LogP contribution >= 0.6 is 0 Å². The van der Waals surface area contributed by atoms with E-state index in [0.29, 0.717) is 6.54 Å². The van der Waals surface area contributed by atoms with Crippen molar-refractivity contribution in [1.29, 1.82) is 0 Å². The SMILES string of the molecule is CCn1cc(-c2cc3nccnc3c(NC[C@H]3CNCCO3)n2)cn1. The summed E-state index contributed by atoms with van der Waals surface area (Å²) in [5.41, 5.74) is 3.37. The van der Waals surface area contributed by atoms with E-state index in [1.807, 2.05) is 23.1 Å². The summed E-state index contributed by atoms with van der Waals surface area (Å²) >= 11 is 0. The number of hydrogen-bond donors (Lipinski definition) is 2. The molecule has 0 radical (unpaired) electrons. The molecular formula is C17H21N7O. The molecule has 0 amide bonds. The minimum absolute atomic E-state index is 0.119. The van der Waals surface area contributed by atoms with Gasteiger partial charge in [0, 0.05) is 50.3 Å². The number of aryl methyl sites for hydroxylation is 1. The monoisotopic (exact) mass is 339 g/mol. The van der Waals surface area contributed by atoms with E-state index in [4.69, 9.17) is 9.72 Å². The van der Waals surface area contributed by atoms with Crippen LogP contribution in [0.25, 0.3) is 22.3 Å². The summed E-state index contributed by atoms with van der Waals surface area (Å²) in [6.07, 6.45) is 7.31. The Labute approximate surface area is 145 Å². The number of anilines is 1. The number of morpholine rings is 1. The fourth-order valence-electron chi connectivity index (χ4n) is 2.87. The van der Waals surface area contributed by atoms with Crippen LogP contribution in [0.2, 0.25) is 0 Å². The average molecular weight is 339 g/mol. The first kappa shape index (κ1) is 15.9. The summed E-state index contributed by atoms with van der Waals surface area (Å²) in [6.45, 7) is 6.02. The van der Waals surface area contributed by atoms with Gasteiger partial charge in [-0.15, -0.1) is 0 Å². The van der Waals surface area contributed by atoms with Gasteiger partial charge in [-0.25, -0.2) is 9.97 Å². The third-order valence-corrected chi connectivity index (χ3v) is 4.21. The maximum Gasteiger partial charge on any atom is 0.154 e. The molecule has 1 saturated heterocycles. The number of hydrogen-bond acceptors (Lipinski definition) is 7. The van der Waals surface area contributed by atoms with Crippen LogP contribution in [0.4, 0.5) is 5.82 Å². The van der Waals surface area contributed by atoms with Gasteiger partial charge in [0.25, 0.3) is 0 Å². The van der Waals surface area contributed by atoms with E-state index in [0.717, 1.165) is 54.3 Å². The highest BCUT2D eigenvalue weighted by Crippen LogP contribution is 2.25. The average Bonchev–Trinajstić information content (AvgIpc) is 3.16. The summed E-state index contributed by atoms with van der Waals surface area (Å²) in [4.78, 5) is 13.6. The largest absolute Gasteiger partial charge is 0.374 e. The van der Waals surface area contributed by atoms with Gasteiger partial charge >= 0.3 is 0 Å². The van der Waals surface area contributed by atoms with E-state index < -0.39 is 0 Å². The van der Waals surface area contributed by atoms with Gasteiger partial charge in [0.1, 0.15) is 5.52 Å². The van der Waals surface area contributed by atoms with Crippen LogP contribution in [0.1, 0.15) is 6.92 Å². The molecule has 0 bridgehead atoms. The number of rotatable bonds is 5. The van der Waals surface area contributed by atoms with Crippen molar-refractivity contribution in [3.8, 4) is 11.3 Å². The Morgan fingerprint density at radius 1 is 1.36 bits per heavy atom. The molecule has 0 spiro atoms. The highest BCUT2D eigenvalue weighted by Gasteiger charge is 2.15. The molecule has 3 aromatic rings. The Morgan fingerprint density at radius 2 is 2.28 bits per heavy atom. The molecule has 0 aromatic carbocycles. The van der Waals surface area contributed by atoms with E-state index in [9.17, 15) is 0 Å². The predicted octanol–water partition coefficient (Wildman–Crippen LogP) is 1.31. The molecule has 2 N–H and O–H groups in total. The number of pyridine rings is 1. The molecule has 4 rings (SSSR count). The van der Waals surface area contributed by atoms with Gasteiger partial charge in [0.05, 0.1) is 30.1 Å². The molecule has 0 aliphatic carbocycles. The maximum absolute atomic E-state index is 5.74. The van der Waals surface area contributed by atoms with Crippen molar-refractivity contribution in [2.45, 2.75) is 19.6 Å². The van der Waals surface area contributed by atoms with Gasteiger partial charge in [0.15, 0.2) is 5.82 Å². The highest BCUT2D eigenvalue weighted by molar-refractivity contribution is 5.88. The van der Waals surface area contributed by atoms with Crippen molar-refractivity contribution in [2.24, 2.45) is 0 Å². The van der Waals surface area contributed by atoms with Crippen molar-refractivity contribution in [3.63, 3.8) is 0 Å². The van der Waals surface area contributed by atoms with E-state index in [1.165, 1.54) is 0 Å². The minimum atomic E-state index is 0.119. The first-order chi connectivity index (χ1) is 12.3. The Hall–Kier alpha value is -2.58. The smallest absolute Gasteiger partial charge is 0.154 e. The van der Waals surface area contributed by atoms with Crippen LogP contribution in [0.3, 0.4) is 0 Å². The Kier molecular flexibility index (Phi) is 4.53. The summed E-state index contributed by atoms with van der Waals surface area (Å²) in [5, 5.41) is 11.0. The Morgan fingerprint density at radius 3 is 3.08 bits per heavy atom. The van der Waals surface area contributed by atoms with Crippen LogP contribution in [-0.2, 0) is 11.3 Å². The lowest BCUT2D eigenvalue weighted by Gasteiger charge is -2.24. The zero-order valence-corrected chi connectivity index (χ0v) is 14.1. The number of nitrogens with one attached hydrogen (secondary N) is 2. The van der Waals surface area contributed by atoms with Crippen LogP contribution in [0.15, 0.2) is 30.9 Å². The van der Waals surface area contributed by atoms with Gasteiger partial charge in [-0.05, 0) is 13.0 Å². The normalized spacial score (nSPS) is 17.7. The molecule has 25 heavy (non-hydrogen) atoms. The van der Waals surface area contributed by atoms with Gasteiger partial charge in [-0.3, -0.25) is 9.67 Å². The minimum Gasteiger partial charge on any atom is -0.374 e. The highest BCUT2D eigenvalue weighted by atomic mass is 16.5. The van der Waals surface area contributed by atoms with Crippen molar-refractivity contribution in [2.75, 3.05) is 31.6 Å². The van der Waals surface area contributed by atoms with Gasteiger partial charge < -0.3 is 15.4 Å². The molecule has 8 nitrogen and oxygen atoms in total. The van der Waals surface area contributed by atoms with Crippen LogP contribution in [0, 0.1) is 0 Å². The third kappa shape index (κ3) is 3.45. The van der Waals surface area contributed by atoms with E-state index in [1.54, 1.807) is 12.4 Å². The standard InChI is InChI=1S/C17H21N7O/c1-2-24-11-12(8-22-24)14-7-15-16(20-4-3-19-15)17(23-14)21-10-13-9-18-5-6-25-13/h3-4,7-8,11,13,18H,2,5-6,9-10H2,1H3,(H,21,23)/t13-/m1/s1. The molecule has 0 saturated carbocycles. The van der Waals surface area contributed by atoms with Crippen LogP contribution < -0.4 is 10.6 Å². The van der Waals surface area contributed by atoms with Gasteiger partial charge in [-0.1, -0.05) is 0 Å². The molecule has 3 aromatic heterocycles. The number of fused-ring (bicyclic) bond motifs is 1. The van der Waals surface area contributed by atoms with E-state index >= 15 is 0 Å². The molecular weight excluding hydrogens is 318 g/mol. The zero-order chi connectivity index (χ0) is 17.1. The lowest BCUT2D eigenvalue weighted by atomic mass is 10.2. The lowest BCUT2D eigenvalue weighted by Crippen LogP contribution is -2.42. The van der Waals surface area contributed by atoms with Crippen LogP contribution in [0.5, 0.6) is 0 Å². The number of ether oxygens (including phenoxy) is 1. The van der Waals surface area contributed by atoms with Crippen LogP contribution in [-0.4, -0.2) is 57.1 Å². The summed E-state index contributed by atoms with van der Waals surface area (Å²) in [7, 11) is 0. The first-order valence-corrected chi connectivity index (χ1v) is 8.54. The van der Waals surface area contributed by atoms with Gasteiger partial charge in [0.2, 0.25) is 0 Å². The summed E-state index contributed by atoms with van der Waals surface area (Å²) in [5.74, 6) is 0.721. The summed E-state index contributed by atoms with van der Waals surface area (Å²) < 4.78 is 7.62. The topological polar surface area (TPSA) is 89.8 Å². The molecule has 1 aliphatic heterocycles. The molecule has 4 heterocycles. The summed E-state index contributed by atoms with van der Waals surface area (Å²) in [6, 6.07) is 1.95.